The highest BCUT2D eigenvalue weighted by molar-refractivity contribution is 5.22. The van der Waals surface area contributed by atoms with Crippen LogP contribution in [-0.4, -0.2) is 12.6 Å². The molecule has 0 spiro atoms. The molecular formula is C16H27N. The first-order valence-electron chi connectivity index (χ1n) is 6.96. The lowest BCUT2D eigenvalue weighted by molar-refractivity contribution is 0.358. The summed E-state index contributed by atoms with van der Waals surface area (Å²) in [5.41, 5.74) is 2.79. The molecular weight excluding hydrogens is 206 g/mol. The van der Waals surface area contributed by atoms with Gasteiger partial charge in [0.15, 0.2) is 0 Å². The molecule has 0 heterocycles. The van der Waals surface area contributed by atoms with Gasteiger partial charge in [-0.25, -0.2) is 0 Å². The fraction of sp³-hybridized carbons (Fsp3) is 0.625. The Morgan fingerprint density at radius 1 is 1.12 bits per heavy atom. The second-order valence-electron chi connectivity index (χ2n) is 5.12. The van der Waals surface area contributed by atoms with Crippen molar-refractivity contribution in [3.63, 3.8) is 0 Å². The van der Waals surface area contributed by atoms with Crippen molar-refractivity contribution in [2.45, 2.75) is 53.0 Å². The van der Waals surface area contributed by atoms with Gasteiger partial charge in [0.1, 0.15) is 0 Å². The largest absolute Gasteiger partial charge is 0.314 e. The van der Waals surface area contributed by atoms with Crippen LogP contribution in [-0.2, 0) is 6.42 Å². The highest BCUT2D eigenvalue weighted by atomic mass is 14.9. The van der Waals surface area contributed by atoms with Crippen LogP contribution in [0.5, 0.6) is 0 Å². The van der Waals surface area contributed by atoms with Gasteiger partial charge in [-0.1, -0.05) is 57.0 Å². The Morgan fingerprint density at radius 3 is 2.29 bits per heavy atom. The summed E-state index contributed by atoms with van der Waals surface area (Å²) >= 11 is 0. The number of nitrogens with one attached hydrogen (secondary N) is 1. The molecule has 0 amide bonds. The Morgan fingerprint density at radius 2 is 1.76 bits per heavy atom. The van der Waals surface area contributed by atoms with Crippen LogP contribution in [0, 0.1) is 12.8 Å². The lowest BCUT2D eigenvalue weighted by Crippen LogP contribution is -2.36. The number of aryl methyl sites for hydroxylation is 1. The van der Waals surface area contributed by atoms with Crippen LogP contribution in [0.4, 0.5) is 0 Å². The minimum Gasteiger partial charge on any atom is -0.314 e. The Labute approximate surface area is 107 Å². The van der Waals surface area contributed by atoms with E-state index in [1.54, 1.807) is 0 Å². The van der Waals surface area contributed by atoms with E-state index >= 15 is 0 Å². The van der Waals surface area contributed by atoms with E-state index in [9.17, 15) is 0 Å². The molecule has 0 aliphatic carbocycles. The van der Waals surface area contributed by atoms with Gasteiger partial charge in [0.2, 0.25) is 0 Å². The zero-order chi connectivity index (χ0) is 12.7. The summed E-state index contributed by atoms with van der Waals surface area (Å²) < 4.78 is 0. The maximum absolute atomic E-state index is 3.63. The molecule has 0 bridgehead atoms. The standard InChI is InChI=1S/C16H27N/c1-5-7-14(4)16(17-6-2)12-15-10-8-13(3)9-11-15/h8-11,14,16-17H,5-7,12H2,1-4H3. The number of hydrogen-bond acceptors (Lipinski definition) is 1. The first-order chi connectivity index (χ1) is 8.17. The summed E-state index contributed by atoms with van der Waals surface area (Å²) in [6, 6.07) is 9.56. The number of hydrogen-bond donors (Lipinski definition) is 1. The SMILES string of the molecule is CCCC(C)C(Cc1ccc(C)cc1)NCC. The third kappa shape index (κ3) is 4.91. The molecule has 1 heteroatoms. The summed E-state index contributed by atoms with van der Waals surface area (Å²) in [5.74, 6) is 0.751. The predicted octanol–water partition coefficient (Wildman–Crippen LogP) is 3.95. The van der Waals surface area contributed by atoms with Gasteiger partial charge in [0, 0.05) is 6.04 Å². The third-order valence-corrected chi connectivity index (χ3v) is 3.47. The second kappa shape index (κ2) is 7.50. The van der Waals surface area contributed by atoms with Gasteiger partial charge in [0.05, 0.1) is 0 Å². The van der Waals surface area contributed by atoms with E-state index < -0.39 is 0 Å². The average Bonchev–Trinajstić information content (AvgIpc) is 2.31. The van der Waals surface area contributed by atoms with Crippen molar-refractivity contribution >= 4 is 0 Å². The van der Waals surface area contributed by atoms with E-state index in [0.717, 1.165) is 18.9 Å². The molecule has 0 aromatic heterocycles. The maximum Gasteiger partial charge on any atom is 0.0133 e. The molecule has 0 saturated heterocycles. The minimum atomic E-state index is 0.614. The van der Waals surface area contributed by atoms with Crippen LogP contribution in [0.3, 0.4) is 0 Å². The predicted molar refractivity (Wildman–Crippen MR) is 76.4 cm³/mol. The Bertz CT molecular complexity index is 302. The van der Waals surface area contributed by atoms with Crippen LogP contribution >= 0.6 is 0 Å². The second-order valence-corrected chi connectivity index (χ2v) is 5.12. The van der Waals surface area contributed by atoms with E-state index in [4.69, 9.17) is 0 Å². The van der Waals surface area contributed by atoms with Crippen LogP contribution in [0.15, 0.2) is 24.3 Å². The van der Waals surface area contributed by atoms with Crippen LogP contribution in [0.2, 0.25) is 0 Å². The summed E-state index contributed by atoms with van der Waals surface area (Å²) in [6.45, 7) is 10.0. The first kappa shape index (κ1) is 14.2. The fourth-order valence-corrected chi connectivity index (χ4v) is 2.37. The molecule has 2 atom stereocenters. The Balaban J connectivity index is 2.62. The zero-order valence-electron chi connectivity index (χ0n) is 11.8. The van der Waals surface area contributed by atoms with Gasteiger partial charge in [0.25, 0.3) is 0 Å². The van der Waals surface area contributed by atoms with Crippen molar-refractivity contribution in [1.29, 1.82) is 0 Å². The average molecular weight is 233 g/mol. The van der Waals surface area contributed by atoms with Crippen molar-refractivity contribution in [3.05, 3.63) is 35.4 Å². The fourth-order valence-electron chi connectivity index (χ4n) is 2.37. The molecule has 1 aromatic carbocycles. The van der Waals surface area contributed by atoms with Gasteiger partial charge >= 0.3 is 0 Å². The lowest BCUT2D eigenvalue weighted by atomic mass is 9.91. The lowest BCUT2D eigenvalue weighted by Gasteiger charge is -2.24. The van der Waals surface area contributed by atoms with Crippen LogP contribution < -0.4 is 5.32 Å². The summed E-state index contributed by atoms with van der Waals surface area (Å²) in [4.78, 5) is 0. The number of likely N-dealkylation sites (N-methyl/N-ethyl adjacent to an activating group) is 1. The first-order valence-corrected chi connectivity index (χ1v) is 6.96. The summed E-state index contributed by atoms with van der Waals surface area (Å²) in [5, 5.41) is 3.63. The van der Waals surface area contributed by atoms with Gasteiger partial charge in [-0.05, 0) is 37.8 Å². The van der Waals surface area contributed by atoms with Gasteiger partial charge in [-0.3, -0.25) is 0 Å². The molecule has 0 fully saturated rings. The third-order valence-electron chi connectivity index (χ3n) is 3.47. The molecule has 2 unspecified atom stereocenters. The number of rotatable bonds is 7. The topological polar surface area (TPSA) is 12.0 Å². The summed E-state index contributed by atoms with van der Waals surface area (Å²) in [6.07, 6.45) is 3.73. The van der Waals surface area contributed by atoms with Crippen molar-refractivity contribution in [3.8, 4) is 0 Å². The molecule has 17 heavy (non-hydrogen) atoms. The van der Waals surface area contributed by atoms with E-state index in [2.05, 4.69) is 57.3 Å². The molecule has 1 aromatic rings. The van der Waals surface area contributed by atoms with Crippen LogP contribution in [0.1, 0.15) is 44.7 Å². The normalized spacial score (nSPS) is 14.6. The minimum absolute atomic E-state index is 0.614. The van der Waals surface area contributed by atoms with E-state index in [1.165, 1.54) is 24.0 Å². The molecule has 0 aliphatic rings. The van der Waals surface area contributed by atoms with Crippen molar-refractivity contribution in [1.82, 2.24) is 5.32 Å². The monoisotopic (exact) mass is 233 g/mol. The molecule has 0 aliphatic heterocycles. The van der Waals surface area contributed by atoms with Crippen molar-refractivity contribution in [2.75, 3.05) is 6.54 Å². The smallest absolute Gasteiger partial charge is 0.0133 e. The molecule has 0 radical (unpaired) electrons. The highest BCUT2D eigenvalue weighted by Crippen LogP contribution is 2.16. The van der Waals surface area contributed by atoms with E-state index in [0.29, 0.717) is 6.04 Å². The van der Waals surface area contributed by atoms with E-state index in [1.807, 2.05) is 0 Å². The molecule has 1 N–H and O–H groups in total. The maximum atomic E-state index is 3.63. The Kier molecular flexibility index (Phi) is 6.28. The summed E-state index contributed by atoms with van der Waals surface area (Å²) in [7, 11) is 0. The molecule has 96 valence electrons. The molecule has 1 nitrogen and oxygen atoms in total. The highest BCUT2D eigenvalue weighted by Gasteiger charge is 2.15. The van der Waals surface area contributed by atoms with Gasteiger partial charge in [-0.15, -0.1) is 0 Å². The van der Waals surface area contributed by atoms with Crippen molar-refractivity contribution in [2.24, 2.45) is 5.92 Å². The molecule has 0 saturated carbocycles. The van der Waals surface area contributed by atoms with Crippen molar-refractivity contribution < 1.29 is 0 Å². The number of benzene rings is 1. The quantitative estimate of drug-likeness (QED) is 0.752. The van der Waals surface area contributed by atoms with E-state index in [-0.39, 0.29) is 0 Å². The Hall–Kier alpha value is -0.820. The molecule has 1 rings (SSSR count). The van der Waals surface area contributed by atoms with Crippen LogP contribution in [0.25, 0.3) is 0 Å². The van der Waals surface area contributed by atoms with Gasteiger partial charge in [-0.2, -0.15) is 0 Å². The zero-order valence-corrected chi connectivity index (χ0v) is 11.8. The van der Waals surface area contributed by atoms with Gasteiger partial charge < -0.3 is 5.32 Å².